The normalized spacial score (nSPS) is 20.4. The fourth-order valence-electron chi connectivity index (χ4n) is 4.02. The van der Waals surface area contributed by atoms with Crippen molar-refractivity contribution >= 4 is 40.2 Å². The minimum Gasteiger partial charge on any atom is -0.473 e. The van der Waals surface area contributed by atoms with E-state index in [0.29, 0.717) is 42.3 Å². The molecule has 2 unspecified atom stereocenters. The predicted molar refractivity (Wildman–Crippen MR) is 134 cm³/mol. The highest BCUT2D eigenvalue weighted by Crippen LogP contribution is 2.28. The summed E-state index contributed by atoms with van der Waals surface area (Å²) >= 11 is 0.953. The van der Waals surface area contributed by atoms with E-state index in [1.807, 2.05) is 0 Å². The number of ether oxygens (including phenoxy) is 1. The van der Waals surface area contributed by atoms with Gasteiger partial charge in [0, 0.05) is 19.2 Å². The van der Waals surface area contributed by atoms with Gasteiger partial charge >= 0.3 is 12.4 Å². The van der Waals surface area contributed by atoms with Gasteiger partial charge in [0.25, 0.3) is 5.91 Å². The van der Waals surface area contributed by atoms with Crippen LogP contribution >= 0.6 is 11.5 Å². The van der Waals surface area contributed by atoms with E-state index in [1.165, 1.54) is 6.20 Å². The molecule has 0 bridgehead atoms. The SMILES string of the molecule is Cc1nsc(NC2=NCC(C(F)(F)F)N=C2)c1C(=O)Nc1ccc(OC2CCCN(CCC(F)(F)F)C2)nc1. The summed E-state index contributed by atoms with van der Waals surface area (Å²) in [6.07, 6.45) is -6.10. The van der Waals surface area contributed by atoms with E-state index in [2.05, 4.69) is 30.0 Å². The number of carbonyl (C=O) groups excluding carboxylic acids is 1. The minimum atomic E-state index is -4.49. The number of pyridine rings is 1. The maximum absolute atomic E-state index is 13.0. The van der Waals surface area contributed by atoms with Crippen molar-refractivity contribution in [2.45, 2.75) is 50.7 Å². The summed E-state index contributed by atoms with van der Waals surface area (Å²) in [6.45, 7) is 1.92. The van der Waals surface area contributed by atoms with Crippen molar-refractivity contribution in [3.8, 4) is 5.88 Å². The maximum Gasteiger partial charge on any atom is 0.412 e. The smallest absolute Gasteiger partial charge is 0.412 e. The van der Waals surface area contributed by atoms with Gasteiger partial charge in [-0.2, -0.15) is 30.7 Å². The molecule has 212 valence electrons. The first-order valence-electron chi connectivity index (χ1n) is 12.0. The molecular weight excluding hydrogens is 552 g/mol. The number of aromatic nitrogens is 2. The van der Waals surface area contributed by atoms with Gasteiger partial charge in [0.15, 0.2) is 6.04 Å². The van der Waals surface area contributed by atoms with E-state index in [4.69, 9.17) is 4.74 Å². The first-order valence-corrected chi connectivity index (χ1v) is 12.8. The number of hydrogen-bond acceptors (Lipinski definition) is 9. The molecule has 0 aromatic carbocycles. The number of hydrogen-bond donors (Lipinski definition) is 2. The zero-order valence-corrected chi connectivity index (χ0v) is 21.5. The molecule has 0 aliphatic carbocycles. The van der Waals surface area contributed by atoms with E-state index in [9.17, 15) is 31.1 Å². The van der Waals surface area contributed by atoms with Gasteiger partial charge in [-0.05, 0) is 43.9 Å². The van der Waals surface area contributed by atoms with Gasteiger partial charge in [0.2, 0.25) is 5.88 Å². The lowest BCUT2D eigenvalue weighted by atomic mass is 10.1. The third-order valence-electron chi connectivity index (χ3n) is 5.98. The first-order chi connectivity index (χ1) is 18.4. The Morgan fingerprint density at radius 3 is 2.67 bits per heavy atom. The van der Waals surface area contributed by atoms with Crippen LogP contribution in [0, 0.1) is 6.92 Å². The highest BCUT2D eigenvalue weighted by Gasteiger charge is 2.40. The number of alkyl halides is 6. The van der Waals surface area contributed by atoms with Crippen molar-refractivity contribution < 1.29 is 35.9 Å². The second-order valence-electron chi connectivity index (χ2n) is 9.05. The van der Waals surface area contributed by atoms with Crippen molar-refractivity contribution in [2.24, 2.45) is 9.98 Å². The number of anilines is 2. The lowest BCUT2D eigenvalue weighted by Crippen LogP contribution is -2.42. The number of nitrogens with one attached hydrogen (secondary N) is 2. The second kappa shape index (κ2) is 11.9. The number of amides is 1. The molecule has 0 saturated carbocycles. The van der Waals surface area contributed by atoms with Crippen LogP contribution in [0.25, 0.3) is 0 Å². The van der Waals surface area contributed by atoms with Gasteiger partial charge in [0.05, 0.1) is 42.3 Å². The Morgan fingerprint density at radius 1 is 1.23 bits per heavy atom. The van der Waals surface area contributed by atoms with Crippen LogP contribution < -0.4 is 15.4 Å². The van der Waals surface area contributed by atoms with Crippen molar-refractivity contribution in [2.75, 3.05) is 36.8 Å². The van der Waals surface area contributed by atoms with Gasteiger partial charge in [-0.3, -0.25) is 19.7 Å². The van der Waals surface area contributed by atoms with Crippen LogP contribution in [0.15, 0.2) is 28.3 Å². The average molecular weight is 578 g/mol. The molecule has 1 fully saturated rings. The summed E-state index contributed by atoms with van der Waals surface area (Å²) < 4.78 is 85.9. The third-order valence-corrected chi connectivity index (χ3v) is 6.83. The molecule has 1 saturated heterocycles. The van der Waals surface area contributed by atoms with Gasteiger partial charge in [-0.25, -0.2) is 4.98 Å². The lowest BCUT2D eigenvalue weighted by Gasteiger charge is -2.32. The molecule has 16 heteroatoms. The Morgan fingerprint density at radius 2 is 2.03 bits per heavy atom. The largest absolute Gasteiger partial charge is 0.473 e. The van der Waals surface area contributed by atoms with E-state index < -0.39 is 37.3 Å². The van der Waals surface area contributed by atoms with Crippen LogP contribution in [0.4, 0.5) is 37.0 Å². The van der Waals surface area contributed by atoms with Crippen molar-refractivity contribution in [3.05, 3.63) is 29.6 Å². The van der Waals surface area contributed by atoms with Crippen LogP contribution in [-0.4, -0.2) is 82.9 Å². The van der Waals surface area contributed by atoms with Gasteiger partial charge in [-0.15, -0.1) is 0 Å². The van der Waals surface area contributed by atoms with Crippen molar-refractivity contribution in [1.29, 1.82) is 0 Å². The average Bonchev–Trinajstić information content (AvgIpc) is 3.23. The van der Waals surface area contributed by atoms with Crippen molar-refractivity contribution in [1.82, 2.24) is 14.3 Å². The number of aryl methyl sites for hydroxylation is 1. The Labute approximate surface area is 223 Å². The number of amidine groups is 1. The summed E-state index contributed by atoms with van der Waals surface area (Å²) in [7, 11) is 0. The standard InChI is InChI=1S/C23H25F6N7O2S/c1-13-19(21(39-35-13)34-17-11-30-16(10-31-17)23(27,28)29)20(37)33-14-4-5-18(32-9-14)38-15-3-2-7-36(12-15)8-6-22(24,25)26/h4-5,9,11,15-16H,2-3,6-8,10,12H2,1H3,(H,31,34)(H,33,37). The number of halogens is 6. The number of likely N-dealkylation sites (tertiary alicyclic amines) is 1. The number of nitrogens with zero attached hydrogens (tertiary/aromatic N) is 5. The number of carbonyl (C=O) groups is 1. The van der Waals surface area contributed by atoms with Gasteiger partial charge < -0.3 is 15.4 Å². The summed E-state index contributed by atoms with van der Waals surface area (Å²) in [6, 6.07) is 1.22. The quantitative estimate of drug-likeness (QED) is 0.462. The Kier molecular flexibility index (Phi) is 8.73. The number of piperidine rings is 1. The monoisotopic (exact) mass is 577 g/mol. The molecule has 2 aliphatic rings. The number of rotatable bonds is 7. The highest BCUT2D eigenvalue weighted by atomic mass is 32.1. The minimum absolute atomic E-state index is 0.0797. The summed E-state index contributed by atoms with van der Waals surface area (Å²) in [4.78, 5) is 26.2. The molecule has 2 aliphatic heterocycles. The lowest BCUT2D eigenvalue weighted by molar-refractivity contribution is -0.144. The summed E-state index contributed by atoms with van der Waals surface area (Å²) in [5.74, 6) is -0.164. The molecule has 2 atom stereocenters. The van der Waals surface area contributed by atoms with E-state index in [-0.39, 0.29) is 29.9 Å². The van der Waals surface area contributed by atoms with E-state index in [0.717, 1.165) is 17.7 Å². The molecule has 2 aromatic heterocycles. The molecule has 39 heavy (non-hydrogen) atoms. The van der Waals surface area contributed by atoms with E-state index >= 15 is 0 Å². The van der Waals surface area contributed by atoms with Crippen LogP contribution in [0.1, 0.15) is 35.3 Å². The molecule has 9 nitrogen and oxygen atoms in total. The topological polar surface area (TPSA) is 104 Å². The Balaban J connectivity index is 1.32. The van der Waals surface area contributed by atoms with Crippen LogP contribution in [0.2, 0.25) is 0 Å². The molecule has 2 N–H and O–H groups in total. The predicted octanol–water partition coefficient (Wildman–Crippen LogP) is 4.72. The molecule has 1 amide bonds. The summed E-state index contributed by atoms with van der Waals surface area (Å²) in [5, 5.41) is 5.79. The maximum atomic E-state index is 13.0. The first kappa shape index (κ1) is 28.7. The molecule has 0 radical (unpaired) electrons. The van der Waals surface area contributed by atoms with Gasteiger partial charge in [0.1, 0.15) is 16.9 Å². The molecular formula is C23H25F6N7O2S. The van der Waals surface area contributed by atoms with Gasteiger partial charge in [-0.1, -0.05) is 0 Å². The molecule has 4 rings (SSSR count). The summed E-state index contributed by atoms with van der Waals surface area (Å²) in [5.41, 5.74) is 0.946. The molecule has 0 spiro atoms. The number of aliphatic imine (C=N–C) groups is 2. The fraction of sp³-hybridized carbons (Fsp3) is 0.522. The zero-order valence-electron chi connectivity index (χ0n) is 20.6. The van der Waals surface area contributed by atoms with E-state index in [1.54, 1.807) is 24.0 Å². The Bertz CT molecular complexity index is 1210. The zero-order chi connectivity index (χ0) is 28.2. The molecule has 4 heterocycles. The second-order valence-corrected chi connectivity index (χ2v) is 9.82. The third kappa shape index (κ3) is 8.11. The fourth-order valence-corrected chi connectivity index (χ4v) is 4.82. The van der Waals surface area contributed by atoms with Crippen LogP contribution in [0.3, 0.4) is 0 Å². The van der Waals surface area contributed by atoms with Crippen LogP contribution in [0.5, 0.6) is 5.88 Å². The van der Waals surface area contributed by atoms with Crippen LogP contribution in [-0.2, 0) is 0 Å². The van der Waals surface area contributed by atoms with Crippen molar-refractivity contribution in [3.63, 3.8) is 0 Å². The highest BCUT2D eigenvalue weighted by molar-refractivity contribution is 7.11. The molecule has 2 aromatic rings. The Hall–Kier alpha value is -3.27.